The van der Waals surface area contributed by atoms with Gasteiger partial charge in [0.15, 0.2) is 0 Å². The zero-order chi connectivity index (χ0) is 17.9. The van der Waals surface area contributed by atoms with Gasteiger partial charge >= 0.3 is 0 Å². The Bertz CT molecular complexity index is 1090. The summed E-state index contributed by atoms with van der Waals surface area (Å²) in [6, 6.07) is 18.7. The van der Waals surface area contributed by atoms with Gasteiger partial charge in [-0.1, -0.05) is 18.2 Å². The van der Waals surface area contributed by atoms with Crippen LogP contribution in [0.3, 0.4) is 0 Å². The number of hydrogen-bond acceptors (Lipinski definition) is 4. The van der Waals surface area contributed by atoms with Crippen molar-refractivity contribution in [1.29, 1.82) is 0 Å². The summed E-state index contributed by atoms with van der Waals surface area (Å²) in [6.07, 6.45) is 6.06. The molecule has 2 heterocycles. The molecule has 5 heteroatoms. The van der Waals surface area contributed by atoms with Crippen LogP contribution in [0.15, 0.2) is 79.3 Å². The molecular formula is C21H15N3O2. The predicted molar refractivity (Wildman–Crippen MR) is 101 cm³/mol. The molecule has 0 spiro atoms. The van der Waals surface area contributed by atoms with Gasteiger partial charge in [-0.05, 0) is 53.4 Å². The molecular weight excluding hydrogens is 326 g/mol. The lowest BCUT2D eigenvalue weighted by Crippen LogP contribution is -1.93. The number of nitro groups is 1. The number of nitro benzene ring substituents is 1. The maximum absolute atomic E-state index is 11.1. The van der Waals surface area contributed by atoms with Crippen LogP contribution in [0, 0.1) is 10.1 Å². The van der Waals surface area contributed by atoms with E-state index in [1.165, 1.54) is 6.07 Å². The Morgan fingerprint density at radius 3 is 2.54 bits per heavy atom. The van der Waals surface area contributed by atoms with Crippen LogP contribution in [0.2, 0.25) is 0 Å². The molecule has 2 aromatic carbocycles. The molecule has 0 N–H and O–H groups in total. The highest BCUT2D eigenvalue weighted by molar-refractivity contribution is 5.94. The van der Waals surface area contributed by atoms with E-state index in [0.29, 0.717) is 0 Å². The minimum atomic E-state index is -0.375. The van der Waals surface area contributed by atoms with Crippen LogP contribution in [0.5, 0.6) is 0 Å². The summed E-state index contributed by atoms with van der Waals surface area (Å²) in [7, 11) is 0. The number of fused-ring (bicyclic) bond motifs is 1. The summed E-state index contributed by atoms with van der Waals surface area (Å²) in [4.78, 5) is 19.3. The Kier molecular flexibility index (Phi) is 4.11. The number of nitrogens with zero attached hydrogens (tertiary/aromatic N) is 3. The quantitative estimate of drug-likeness (QED) is 0.395. The normalized spacial score (nSPS) is 10.8. The van der Waals surface area contributed by atoms with Gasteiger partial charge in [-0.3, -0.25) is 20.1 Å². The van der Waals surface area contributed by atoms with Crippen molar-refractivity contribution in [2.24, 2.45) is 0 Å². The van der Waals surface area contributed by atoms with Crippen LogP contribution >= 0.6 is 0 Å². The van der Waals surface area contributed by atoms with Crippen LogP contribution in [-0.2, 0) is 6.42 Å². The summed E-state index contributed by atoms with van der Waals surface area (Å²) >= 11 is 0. The minimum Gasteiger partial charge on any atom is -0.265 e. The molecule has 5 nitrogen and oxygen atoms in total. The molecule has 4 aromatic rings. The second-order valence-electron chi connectivity index (χ2n) is 6.06. The summed E-state index contributed by atoms with van der Waals surface area (Å²) in [5, 5.41) is 12.2. The van der Waals surface area contributed by atoms with E-state index in [-0.39, 0.29) is 10.6 Å². The number of non-ortho nitro benzene ring substituents is 1. The second-order valence-corrected chi connectivity index (χ2v) is 6.06. The van der Waals surface area contributed by atoms with Crippen molar-refractivity contribution in [2.45, 2.75) is 6.42 Å². The zero-order valence-electron chi connectivity index (χ0n) is 13.9. The van der Waals surface area contributed by atoms with Gasteiger partial charge in [0.05, 0.1) is 10.4 Å². The lowest BCUT2D eigenvalue weighted by Gasteiger charge is -2.10. The highest BCUT2D eigenvalue weighted by Gasteiger charge is 2.12. The summed E-state index contributed by atoms with van der Waals surface area (Å²) in [6.45, 7) is 0. The fraction of sp³-hybridized carbons (Fsp3) is 0.0476. The number of aromatic nitrogens is 2. The number of rotatable bonds is 4. The first-order valence-electron chi connectivity index (χ1n) is 8.22. The molecule has 0 saturated heterocycles. The van der Waals surface area contributed by atoms with Gasteiger partial charge in [-0.15, -0.1) is 0 Å². The van der Waals surface area contributed by atoms with Crippen LogP contribution in [0.1, 0.15) is 11.1 Å². The smallest absolute Gasteiger partial charge is 0.265 e. The topological polar surface area (TPSA) is 68.9 Å². The lowest BCUT2D eigenvalue weighted by molar-refractivity contribution is -0.384. The standard InChI is InChI=1S/C21H15N3O2/c25-24(26)19-5-1-3-17(14-19)20-13-16(11-15-6-9-22-10-7-15)12-18-4-2-8-23-21(18)20/h1-10,12-14H,11H2. The molecule has 0 amide bonds. The van der Waals surface area contributed by atoms with E-state index < -0.39 is 0 Å². The first kappa shape index (κ1) is 15.9. The lowest BCUT2D eigenvalue weighted by atomic mass is 9.96. The first-order chi connectivity index (χ1) is 12.7. The Balaban J connectivity index is 1.87. The second kappa shape index (κ2) is 6.72. The third-order valence-corrected chi connectivity index (χ3v) is 4.29. The Morgan fingerprint density at radius 1 is 0.885 bits per heavy atom. The zero-order valence-corrected chi connectivity index (χ0v) is 13.9. The van der Waals surface area contributed by atoms with Crippen LogP contribution in [0.25, 0.3) is 22.0 Å². The fourth-order valence-electron chi connectivity index (χ4n) is 3.10. The van der Waals surface area contributed by atoms with Gasteiger partial charge in [0.2, 0.25) is 0 Å². The molecule has 0 bridgehead atoms. The number of pyridine rings is 2. The Hall–Kier alpha value is -3.60. The van der Waals surface area contributed by atoms with Gasteiger partial charge in [0.1, 0.15) is 0 Å². The molecule has 0 saturated carbocycles. The summed E-state index contributed by atoms with van der Waals surface area (Å²) in [5.41, 5.74) is 4.89. The van der Waals surface area contributed by atoms with Crippen LogP contribution < -0.4 is 0 Å². The van der Waals surface area contributed by atoms with Gasteiger partial charge in [-0.2, -0.15) is 0 Å². The molecule has 126 valence electrons. The van der Waals surface area contributed by atoms with E-state index in [0.717, 1.165) is 39.6 Å². The molecule has 4 rings (SSSR count). The predicted octanol–water partition coefficient (Wildman–Crippen LogP) is 4.80. The third kappa shape index (κ3) is 3.15. The highest BCUT2D eigenvalue weighted by Crippen LogP contribution is 2.31. The SMILES string of the molecule is O=[N+]([O-])c1cccc(-c2cc(Cc3ccncc3)cc3cccnc23)c1. The maximum Gasteiger partial charge on any atom is 0.270 e. The van der Waals surface area contributed by atoms with Gasteiger partial charge in [-0.25, -0.2) is 0 Å². The van der Waals surface area contributed by atoms with Crippen molar-refractivity contribution < 1.29 is 4.92 Å². The fourth-order valence-corrected chi connectivity index (χ4v) is 3.10. The van der Waals surface area contributed by atoms with Gasteiger partial charge in [0.25, 0.3) is 5.69 Å². The van der Waals surface area contributed by atoms with Gasteiger partial charge < -0.3 is 0 Å². The van der Waals surface area contributed by atoms with Crippen molar-refractivity contribution in [1.82, 2.24) is 9.97 Å². The molecule has 0 aliphatic carbocycles. The van der Waals surface area contributed by atoms with E-state index in [2.05, 4.69) is 22.1 Å². The average Bonchev–Trinajstić information content (AvgIpc) is 2.68. The van der Waals surface area contributed by atoms with Crippen molar-refractivity contribution in [3.05, 3.63) is 100 Å². The van der Waals surface area contributed by atoms with Crippen molar-refractivity contribution >= 4 is 16.6 Å². The molecule has 0 radical (unpaired) electrons. The summed E-state index contributed by atoms with van der Waals surface area (Å²) < 4.78 is 0. The van der Waals surface area contributed by atoms with Gasteiger partial charge in [0, 0.05) is 41.7 Å². The number of benzene rings is 2. The molecule has 26 heavy (non-hydrogen) atoms. The monoisotopic (exact) mass is 341 g/mol. The summed E-state index contributed by atoms with van der Waals surface area (Å²) in [5.74, 6) is 0. The third-order valence-electron chi connectivity index (χ3n) is 4.29. The largest absolute Gasteiger partial charge is 0.270 e. The highest BCUT2D eigenvalue weighted by atomic mass is 16.6. The number of hydrogen-bond donors (Lipinski definition) is 0. The van der Waals surface area contributed by atoms with Crippen molar-refractivity contribution in [2.75, 3.05) is 0 Å². The first-order valence-corrected chi connectivity index (χ1v) is 8.22. The minimum absolute atomic E-state index is 0.0751. The van der Waals surface area contributed by atoms with E-state index in [1.54, 1.807) is 30.7 Å². The maximum atomic E-state index is 11.1. The van der Waals surface area contributed by atoms with Crippen molar-refractivity contribution in [3.63, 3.8) is 0 Å². The Labute approximate surface area is 150 Å². The van der Waals surface area contributed by atoms with Crippen LogP contribution in [-0.4, -0.2) is 14.9 Å². The van der Waals surface area contributed by atoms with E-state index in [9.17, 15) is 10.1 Å². The molecule has 0 aliphatic rings. The molecule has 0 aliphatic heterocycles. The molecule has 0 atom stereocenters. The molecule has 0 fully saturated rings. The molecule has 2 aromatic heterocycles. The van der Waals surface area contributed by atoms with Crippen molar-refractivity contribution in [3.8, 4) is 11.1 Å². The van der Waals surface area contributed by atoms with E-state index in [1.807, 2.05) is 30.3 Å². The van der Waals surface area contributed by atoms with E-state index >= 15 is 0 Å². The van der Waals surface area contributed by atoms with Crippen LogP contribution in [0.4, 0.5) is 5.69 Å². The van der Waals surface area contributed by atoms with E-state index in [4.69, 9.17) is 0 Å². The molecule has 0 unspecified atom stereocenters. The Morgan fingerprint density at radius 2 is 1.73 bits per heavy atom. The average molecular weight is 341 g/mol.